The Labute approximate surface area is 207 Å². The normalized spacial score (nSPS) is 15.5. The topological polar surface area (TPSA) is 64.7 Å². The summed E-state index contributed by atoms with van der Waals surface area (Å²) in [6.45, 7) is 7.32. The van der Waals surface area contributed by atoms with E-state index in [0.717, 1.165) is 48.6 Å². The van der Waals surface area contributed by atoms with Gasteiger partial charge in [-0.2, -0.15) is 0 Å². The van der Waals surface area contributed by atoms with Crippen molar-refractivity contribution in [3.05, 3.63) is 102 Å². The minimum Gasteiger partial charge on any atom is -0.344 e. The van der Waals surface area contributed by atoms with Crippen molar-refractivity contribution >= 4 is 17.5 Å². The number of nitrogens with one attached hydrogen (secondary N) is 2. The van der Waals surface area contributed by atoms with Crippen molar-refractivity contribution in [2.24, 2.45) is 0 Å². The lowest BCUT2D eigenvalue weighted by molar-refractivity contribution is -0.127. The van der Waals surface area contributed by atoms with Crippen LogP contribution in [0, 0.1) is 6.92 Å². The number of amides is 2. The van der Waals surface area contributed by atoms with Crippen LogP contribution in [-0.4, -0.2) is 60.4 Å². The van der Waals surface area contributed by atoms with Gasteiger partial charge < -0.3 is 10.6 Å². The van der Waals surface area contributed by atoms with Crippen LogP contribution < -0.4 is 10.6 Å². The fourth-order valence-corrected chi connectivity index (χ4v) is 4.43. The maximum Gasteiger partial charge on any atom is 0.238 e. The van der Waals surface area contributed by atoms with Crippen LogP contribution in [0.25, 0.3) is 0 Å². The van der Waals surface area contributed by atoms with Gasteiger partial charge in [-0.25, -0.2) is 0 Å². The van der Waals surface area contributed by atoms with E-state index in [1.165, 1.54) is 0 Å². The summed E-state index contributed by atoms with van der Waals surface area (Å²) in [6.07, 6.45) is 0. The van der Waals surface area contributed by atoms with E-state index in [-0.39, 0.29) is 23.9 Å². The van der Waals surface area contributed by atoms with E-state index in [0.29, 0.717) is 6.54 Å². The third-order valence-electron chi connectivity index (χ3n) is 6.59. The molecule has 35 heavy (non-hydrogen) atoms. The van der Waals surface area contributed by atoms with Gasteiger partial charge in [0.05, 0.1) is 18.6 Å². The van der Waals surface area contributed by atoms with Gasteiger partial charge >= 0.3 is 0 Å². The lowest BCUT2D eigenvalue weighted by Crippen LogP contribution is -2.55. The van der Waals surface area contributed by atoms with Crippen molar-refractivity contribution in [3.8, 4) is 0 Å². The highest BCUT2D eigenvalue weighted by atomic mass is 16.2. The number of aryl methyl sites for hydroxylation is 1. The number of rotatable bonds is 8. The molecule has 2 amide bonds. The highest BCUT2D eigenvalue weighted by Gasteiger charge is 2.28. The van der Waals surface area contributed by atoms with Crippen LogP contribution in [0.1, 0.15) is 29.7 Å². The van der Waals surface area contributed by atoms with Crippen molar-refractivity contribution in [1.82, 2.24) is 15.1 Å². The molecule has 0 radical (unpaired) electrons. The molecule has 182 valence electrons. The molecule has 6 nitrogen and oxygen atoms in total. The van der Waals surface area contributed by atoms with E-state index in [1.807, 2.05) is 98.8 Å². The first-order chi connectivity index (χ1) is 17.0. The first-order valence-corrected chi connectivity index (χ1v) is 12.2. The molecule has 0 bridgehead atoms. The van der Waals surface area contributed by atoms with Gasteiger partial charge in [0.15, 0.2) is 0 Å². The van der Waals surface area contributed by atoms with Gasteiger partial charge in [0.1, 0.15) is 0 Å². The van der Waals surface area contributed by atoms with Crippen molar-refractivity contribution in [2.45, 2.75) is 25.9 Å². The highest BCUT2D eigenvalue weighted by molar-refractivity contribution is 5.92. The Bertz CT molecular complexity index is 1060. The van der Waals surface area contributed by atoms with E-state index in [2.05, 4.69) is 20.4 Å². The first kappa shape index (κ1) is 24.6. The van der Waals surface area contributed by atoms with Crippen LogP contribution in [0.15, 0.2) is 84.9 Å². The number of nitrogens with zero attached hydrogens (tertiary/aromatic N) is 2. The smallest absolute Gasteiger partial charge is 0.238 e. The maximum atomic E-state index is 13.3. The molecule has 0 aromatic heterocycles. The predicted molar refractivity (Wildman–Crippen MR) is 140 cm³/mol. The molecule has 3 aromatic rings. The van der Waals surface area contributed by atoms with Gasteiger partial charge in [-0.05, 0) is 37.1 Å². The monoisotopic (exact) mass is 470 g/mol. The largest absolute Gasteiger partial charge is 0.344 e. The van der Waals surface area contributed by atoms with Gasteiger partial charge in [-0.15, -0.1) is 0 Å². The Hall–Kier alpha value is -3.48. The number of hydrogen-bond acceptors (Lipinski definition) is 4. The van der Waals surface area contributed by atoms with Gasteiger partial charge in [0.25, 0.3) is 0 Å². The van der Waals surface area contributed by atoms with E-state index < -0.39 is 0 Å². The van der Waals surface area contributed by atoms with Crippen molar-refractivity contribution in [2.75, 3.05) is 38.0 Å². The van der Waals surface area contributed by atoms with E-state index in [4.69, 9.17) is 0 Å². The molecular weight excluding hydrogens is 436 g/mol. The summed E-state index contributed by atoms with van der Waals surface area (Å²) >= 11 is 0. The Morgan fingerprint density at radius 2 is 1.34 bits per heavy atom. The maximum absolute atomic E-state index is 13.3. The van der Waals surface area contributed by atoms with Crippen LogP contribution in [0.4, 0.5) is 5.69 Å². The Morgan fingerprint density at radius 1 is 0.800 bits per heavy atom. The summed E-state index contributed by atoms with van der Waals surface area (Å²) in [5.74, 6) is -0.00470. The van der Waals surface area contributed by atoms with E-state index in [1.54, 1.807) is 0 Å². The summed E-state index contributed by atoms with van der Waals surface area (Å²) in [5, 5.41) is 6.23. The fourth-order valence-electron chi connectivity index (χ4n) is 4.43. The van der Waals surface area contributed by atoms with Crippen LogP contribution in [0.3, 0.4) is 0 Å². The summed E-state index contributed by atoms with van der Waals surface area (Å²) in [4.78, 5) is 30.0. The molecule has 1 heterocycles. The quantitative estimate of drug-likeness (QED) is 0.525. The van der Waals surface area contributed by atoms with Crippen molar-refractivity contribution in [1.29, 1.82) is 0 Å². The second kappa shape index (κ2) is 11.8. The van der Waals surface area contributed by atoms with Crippen LogP contribution >= 0.6 is 0 Å². The van der Waals surface area contributed by atoms with Crippen LogP contribution in [0.5, 0.6) is 0 Å². The second-order valence-electron chi connectivity index (χ2n) is 9.17. The standard InChI is InChI=1S/C29H34N4O2/c1-22-13-15-26(16-14-22)30-27(34)21-32-17-19-33(20-18-32)23(2)29(35)31-28(24-9-5-3-6-10-24)25-11-7-4-8-12-25/h3-16,23,28H,17-21H2,1-2H3,(H,30,34)(H,31,35). The average molecular weight is 471 g/mol. The van der Waals surface area contributed by atoms with Crippen molar-refractivity contribution < 1.29 is 9.59 Å². The Kier molecular flexibility index (Phi) is 8.29. The number of anilines is 1. The lowest BCUT2D eigenvalue weighted by Gasteiger charge is -2.37. The third kappa shape index (κ3) is 6.78. The first-order valence-electron chi connectivity index (χ1n) is 12.2. The zero-order chi connectivity index (χ0) is 24.6. The summed E-state index contributed by atoms with van der Waals surface area (Å²) in [5.41, 5.74) is 4.10. The Morgan fingerprint density at radius 3 is 1.89 bits per heavy atom. The number of benzene rings is 3. The molecule has 1 atom stereocenters. The molecule has 3 aromatic carbocycles. The number of piperazine rings is 1. The molecule has 1 saturated heterocycles. The van der Waals surface area contributed by atoms with Crippen molar-refractivity contribution in [3.63, 3.8) is 0 Å². The molecule has 1 unspecified atom stereocenters. The lowest BCUT2D eigenvalue weighted by atomic mass is 9.98. The summed E-state index contributed by atoms with van der Waals surface area (Å²) < 4.78 is 0. The van der Waals surface area contributed by atoms with Gasteiger partial charge in [-0.1, -0.05) is 78.4 Å². The fraction of sp³-hybridized carbons (Fsp3) is 0.310. The molecule has 1 aliphatic heterocycles. The van der Waals surface area contributed by atoms with Crippen LogP contribution in [-0.2, 0) is 9.59 Å². The molecule has 6 heteroatoms. The van der Waals surface area contributed by atoms with E-state index >= 15 is 0 Å². The molecule has 1 fully saturated rings. The molecule has 0 aliphatic carbocycles. The predicted octanol–water partition coefficient (Wildman–Crippen LogP) is 3.85. The number of hydrogen-bond donors (Lipinski definition) is 2. The SMILES string of the molecule is Cc1ccc(NC(=O)CN2CCN(C(C)C(=O)NC(c3ccccc3)c3ccccc3)CC2)cc1. The highest BCUT2D eigenvalue weighted by Crippen LogP contribution is 2.22. The average Bonchev–Trinajstić information content (AvgIpc) is 2.89. The zero-order valence-electron chi connectivity index (χ0n) is 20.5. The third-order valence-corrected chi connectivity index (χ3v) is 6.59. The minimum atomic E-state index is -0.256. The second-order valence-corrected chi connectivity index (χ2v) is 9.17. The van der Waals surface area contributed by atoms with E-state index in [9.17, 15) is 9.59 Å². The summed E-state index contributed by atoms with van der Waals surface area (Å²) in [7, 11) is 0. The van der Waals surface area contributed by atoms with Gasteiger partial charge in [-0.3, -0.25) is 19.4 Å². The number of carbonyl (C=O) groups excluding carboxylic acids is 2. The molecule has 1 aliphatic rings. The molecule has 2 N–H and O–H groups in total. The minimum absolute atomic E-state index is 0.00766. The van der Waals surface area contributed by atoms with Gasteiger partial charge in [0, 0.05) is 31.9 Å². The van der Waals surface area contributed by atoms with Crippen LogP contribution in [0.2, 0.25) is 0 Å². The molecule has 0 saturated carbocycles. The molecular formula is C29H34N4O2. The van der Waals surface area contributed by atoms with Gasteiger partial charge in [0.2, 0.25) is 11.8 Å². The summed E-state index contributed by atoms with van der Waals surface area (Å²) in [6, 6.07) is 27.5. The molecule has 4 rings (SSSR count). The number of carbonyl (C=O) groups is 2. The molecule has 0 spiro atoms. The zero-order valence-corrected chi connectivity index (χ0v) is 20.5. The Balaban J connectivity index is 1.30.